The number of carbonyl (C=O) groups is 1. The van der Waals surface area contributed by atoms with Crippen molar-refractivity contribution in [3.8, 4) is 5.75 Å². The van der Waals surface area contributed by atoms with Crippen molar-refractivity contribution < 1.29 is 19.2 Å². The normalized spacial score (nSPS) is 23.8. The van der Waals surface area contributed by atoms with Crippen molar-refractivity contribution in [3.05, 3.63) is 34.4 Å². The van der Waals surface area contributed by atoms with Crippen molar-refractivity contribution in [2.45, 2.75) is 46.1 Å². The molecule has 0 aromatic heterocycles. The molecular formula is C18H25NO5. The molecule has 3 atom stereocenters. The molecule has 0 radical (unpaired) electrons. The summed E-state index contributed by atoms with van der Waals surface area (Å²) in [6.07, 6.45) is 3.10. The van der Waals surface area contributed by atoms with E-state index in [1.807, 2.05) is 0 Å². The zero-order valence-electron chi connectivity index (χ0n) is 14.4. The minimum absolute atomic E-state index is 0.0131. The fraction of sp³-hybridized carbons (Fsp3) is 0.611. The minimum Gasteiger partial charge on any atom is -0.482 e. The lowest BCUT2D eigenvalue weighted by Crippen LogP contribution is -2.36. The molecule has 24 heavy (non-hydrogen) atoms. The van der Waals surface area contributed by atoms with Crippen LogP contribution in [0.15, 0.2) is 24.3 Å². The van der Waals surface area contributed by atoms with Gasteiger partial charge in [0.25, 0.3) is 5.69 Å². The lowest BCUT2D eigenvalue weighted by molar-refractivity contribution is -0.384. The Morgan fingerprint density at radius 3 is 2.54 bits per heavy atom. The first-order valence-corrected chi connectivity index (χ1v) is 8.43. The third-order valence-corrected chi connectivity index (χ3v) is 4.65. The summed E-state index contributed by atoms with van der Waals surface area (Å²) in [7, 11) is 0. The standard InChI is InChI=1S/C18H25NO5/c1-12(2)16-9-4-13(3)10-17(16)24-18(20)11-23-15-7-5-14(6-8-15)19(21)22/h5-8,12-13,16-17H,4,9-11H2,1-3H3/t13-,16+,17-/m0/s1. The highest BCUT2D eigenvalue weighted by Crippen LogP contribution is 2.35. The van der Waals surface area contributed by atoms with Crippen LogP contribution in [0.25, 0.3) is 0 Å². The van der Waals surface area contributed by atoms with E-state index < -0.39 is 10.9 Å². The van der Waals surface area contributed by atoms with E-state index in [-0.39, 0.29) is 18.4 Å². The lowest BCUT2D eigenvalue weighted by Gasteiger charge is -2.36. The van der Waals surface area contributed by atoms with Crippen molar-refractivity contribution in [2.75, 3.05) is 6.61 Å². The first kappa shape index (κ1) is 18.2. The number of ether oxygens (including phenoxy) is 2. The van der Waals surface area contributed by atoms with E-state index in [1.165, 1.54) is 30.7 Å². The van der Waals surface area contributed by atoms with Crippen molar-refractivity contribution in [1.82, 2.24) is 0 Å². The molecule has 0 unspecified atom stereocenters. The van der Waals surface area contributed by atoms with Gasteiger partial charge in [-0.3, -0.25) is 10.1 Å². The quantitative estimate of drug-likeness (QED) is 0.446. The molecular weight excluding hydrogens is 310 g/mol. The molecule has 6 heteroatoms. The summed E-state index contributed by atoms with van der Waals surface area (Å²) in [5.41, 5.74) is -0.0131. The molecule has 1 aromatic carbocycles. The van der Waals surface area contributed by atoms with E-state index in [2.05, 4.69) is 20.8 Å². The molecule has 0 bridgehead atoms. The predicted octanol–water partition coefficient (Wildman–Crippen LogP) is 3.98. The van der Waals surface area contributed by atoms with Crippen LogP contribution in [0.3, 0.4) is 0 Å². The van der Waals surface area contributed by atoms with Gasteiger partial charge in [0.15, 0.2) is 6.61 Å². The summed E-state index contributed by atoms with van der Waals surface area (Å²) in [5, 5.41) is 10.6. The molecule has 0 heterocycles. The Labute approximate surface area is 142 Å². The molecule has 0 amide bonds. The average molecular weight is 335 g/mol. The second-order valence-corrected chi connectivity index (χ2v) is 6.89. The average Bonchev–Trinajstić information content (AvgIpc) is 2.53. The number of carbonyl (C=O) groups excluding carboxylic acids is 1. The van der Waals surface area contributed by atoms with Crippen LogP contribution in [0.1, 0.15) is 40.0 Å². The molecule has 1 saturated carbocycles. The fourth-order valence-electron chi connectivity index (χ4n) is 3.26. The van der Waals surface area contributed by atoms with Crippen LogP contribution < -0.4 is 4.74 Å². The van der Waals surface area contributed by atoms with Crippen LogP contribution in [0.5, 0.6) is 5.75 Å². The number of rotatable bonds is 6. The number of nitro benzene ring substituents is 1. The maximum Gasteiger partial charge on any atom is 0.344 e. The van der Waals surface area contributed by atoms with Gasteiger partial charge in [-0.25, -0.2) is 4.79 Å². The van der Waals surface area contributed by atoms with Crippen molar-refractivity contribution >= 4 is 11.7 Å². The predicted molar refractivity (Wildman–Crippen MR) is 89.8 cm³/mol. The summed E-state index contributed by atoms with van der Waals surface area (Å²) in [5.74, 6) is 1.46. The third-order valence-electron chi connectivity index (χ3n) is 4.65. The smallest absolute Gasteiger partial charge is 0.344 e. The topological polar surface area (TPSA) is 78.7 Å². The Balaban J connectivity index is 1.86. The molecule has 1 aliphatic carbocycles. The van der Waals surface area contributed by atoms with E-state index in [1.54, 1.807) is 0 Å². The molecule has 0 saturated heterocycles. The Morgan fingerprint density at radius 1 is 1.29 bits per heavy atom. The maximum atomic E-state index is 12.1. The molecule has 1 fully saturated rings. The lowest BCUT2D eigenvalue weighted by atomic mass is 9.75. The van der Waals surface area contributed by atoms with Gasteiger partial charge < -0.3 is 9.47 Å². The van der Waals surface area contributed by atoms with Gasteiger partial charge in [-0.1, -0.05) is 27.2 Å². The van der Waals surface area contributed by atoms with Gasteiger partial charge in [-0.05, 0) is 42.7 Å². The van der Waals surface area contributed by atoms with Gasteiger partial charge in [0.2, 0.25) is 0 Å². The van der Waals surface area contributed by atoms with E-state index in [4.69, 9.17) is 9.47 Å². The Kier molecular flexibility index (Phi) is 6.17. The minimum atomic E-state index is -0.478. The number of hydrogen-bond donors (Lipinski definition) is 0. The van der Waals surface area contributed by atoms with E-state index in [9.17, 15) is 14.9 Å². The van der Waals surface area contributed by atoms with Gasteiger partial charge in [0.05, 0.1) is 4.92 Å². The Morgan fingerprint density at radius 2 is 1.96 bits per heavy atom. The summed E-state index contributed by atoms with van der Waals surface area (Å²) in [4.78, 5) is 22.2. The highest BCUT2D eigenvalue weighted by atomic mass is 16.6. The molecule has 1 aliphatic rings. The van der Waals surface area contributed by atoms with Crippen molar-refractivity contribution in [1.29, 1.82) is 0 Å². The monoisotopic (exact) mass is 335 g/mol. The molecule has 0 N–H and O–H groups in total. The summed E-state index contributed by atoms with van der Waals surface area (Å²) in [6, 6.07) is 5.65. The number of hydrogen-bond acceptors (Lipinski definition) is 5. The SMILES string of the molecule is CC(C)[C@H]1CC[C@H](C)C[C@@H]1OC(=O)COc1ccc([N+](=O)[O-])cc1. The van der Waals surface area contributed by atoms with Crippen molar-refractivity contribution in [2.24, 2.45) is 17.8 Å². The summed E-state index contributed by atoms with van der Waals surface area (Å²) in [6.45, 7) is 6.32. The van der Waals surface area contributed by atoms with Gasteiger partial charge in [-0.2, -0.15) is 0 Å². The van der Waals surface area contributed by atoms with E-state index in [0.29, 0.717) is 23.5 Å². The highest BCUT2D eigenvalue weighted by molar-refractivity contribution is 5.71. The number of benzene rings is 1. The van der Waals surface area contributed by atoms with Crippen LogP contribution in [0, 0.1) is 27.9 Å². The van der Waals surface area contributed by atoms with Crippen LogP contribution >= 0.6 is 0 Å². The third kappa shape index (κ3) is 4.94. The molecule has 1 aromatic rings. The van der Waals surface area contributed by atoms with Crippen LogP contribution in [-0.4, -0.2) is 23.6 Å². The fourth-order valence-corrected chi connectivity index (χ4v) is 3.26. The molecule has 2 rings (SSSR count). The number of non-ortho nitro benzene ring substituents is 1. The Hall–Kier alpha value is -2.11. The first-order chi connectivity index (χ1) is 11.4. The molecule has 6 nitrogen and oxygen atoms in total. The molecule has 132 valence electrons. The number of nitrogens with zero attached hydrogens (tertiary/aromatic N) is 1. The Bertz CT molecular complexity index is 569. The molecule has 0 aliphatic heterocycles. The maximum absolute atomic E-state index is 12.1. The van der Waals surface area contributed by atoms with Gasteiger partial charge in [-0.15, -0.1) is 0 Å². The van der Waals surface area contributed by atoms with Gasteiger partial charge >= 0.3 is 5.97 Å². The second-order valence-electron chi connectivity index (χ2n) is 6.89. The zero-order valence-corrected chi connectivity index (χ0v) is 14.4. The zero-order chi connectivity index (χ0) is 17.7. The van der Waals surface area contributed by atoms with Gasteiger partial charge in [0, 0.05) is 12.1 Å². The van der Waals surface area contributed by atoms with E-state index >= 15 is 0 Å². The van der Waals surface area contributed by atoms with E-state index in [0.717, 1.165) is 12.8 Å². The second kappa shape index (κ2) is 8.13. The van der Waals surface area contributed by atoms with Gasteiger partial charge in [0.1, 0.15) is 11.9 Å². The summed E-state index contributed by atoms with van der Waals surface area (Å²) >= 11 is 0. The van der Waals surface area contributed by atoms with Crippen LogP contribution in [0.4, 0.5) is 5.69 Å². The largest absolute Gasteiger partial charge is 0.482 e. The molecule has 0 spiro atoms. The first-order valence-electron chi connectivity index (χ1n) is 8.43. The van der Waals surface area contributed by atoms with Crippen LogP contribution in [0.2, 0.25) is 0 Å². The summed E-state index contributed by atoms with van der Waals surface area (Å²) < 4.78 is 11.0. The number of nitro groups is 1. The van der Waals surface area contributed by atoms with Crippen LogP contribution in [-0.2, 0) is 9.53 Å². The van der Waals surface area contributed by atoms with Crippen molar-refractivity contribution in [3.63, 3.8) is 0 Å². The number of esters is 1. The highest BCUT2D eigenvalue weighted by Gasteiger charge is 2.33.